The number of halogens is 2. The Hall–Kier alpha value is -3.52. The molecule has 0 saturated heterocycles. The average molecular weight is 428 g/mol. The molecule has 0 unspecified atom stereocenters. The number of rotatable bonds is 5. The minimum absolute atomic E-state index is 0.00376. The monoisotopic (exact) mass is 427 g/mol. The SMILES string of the molecule is CNC(=O)c1nc(-c2cccc(C(=O)NCc3c(Cl)ccc(C)c3F)c2)cnc1N. The normalized spacial score (nSPS) is 10.5. The number of nitrogen functional groups attached to an aromatic ring is 1. The molecule has 1 aromatic heterocycles. The highest BCUT2D eigenvalue weighted by Crippen LogP contribution is 2.23. The first-order valence-electron chi connectivity index (χ1n) is 8.98. The number of carbonyl (C=O) groups excluding carboxylic acids is 2. The Kier molecular flexibility index (Phi) is 6.27. The maximum Gasteiger partial charge on any atom is 0.273 e. The van der Waals surface area contributed by atoms with E-state index < -0.39 is 17.6 Å². The zero-order valence-electron chi connectivity index (χ0n) is 16.3. The Morgan fingerprint density at radius 3 is 2.70 bits per heavy atom. The van der Waals surface area contributed by atoms with Crippen molar-refractivity contribution >= 4 is 29.2 Å². The Morgan fingerprint density at radius 1 is 1.20 bits per heavy atom. The number of aromatic nitrogens is 2. The highest BCUT2D eigenvalue weighted by molar-refractivity contribution is 6.31. The van der Waals surface area contributed by atoms with Crippen LogP contribution >= 0.6 is 11.6 Å². The maximum absolute atomic E-state index is 14.3. The van der Waals surface area contributed by atoms with Crippen molar-refractivity contribution in [2.75, 3.05) is 12.8 Å². The molecule has 9 heteroatoms. The van der Waals surface area contributed by atoms with Gasteiger partial charge in [0, 0.05) is 35.3 Å². The van der Waals surface area contributed by atoms with E-state index >= 15 is 0 Å². The van der Waals surface area contributed by atoms with Gasteiger partial charge in [0.25, 0.3) is 11.8 Å². The van der Waals surface area contributed by atoms with E-state index in [1.807, 2.05) is 0 Å². The molecule has 0 aliphatic rings. The summed E-state index contributed by atoms with van der Waals surface area (Å²) in [6, 6.07) is 9.76. The average Bonchev–Trinajstić information content (AvgIpc) is 2.76. The molecule has 3 aromatic rings. The van der Waals surface area contributed by atoms with Crippen LogP contribution in [0.3, 0.4) is 0 Å². The number of anilines is 1. The van der Waals surface area contributed by atoms with Gasteiger partial charge in [0.15, 0.2) is 11.5 Å². The number of nitrogens with two attached hydrogens (primary N) is 1. The summed E-state index contributed by atoms with van der Waals surface area (Å²) in [4.78, 5) is 32.7. The van der Waals surface area contributed by atoms with Gasteiger partial charge in [-0.15, -0.1) is 0 Å². The fraction of sp³-hybridized carbons (Fsp3) is 0.143. The fourth-order valence-corrected chi connectivity index (χ4v) is 3.00. The number of nitrogens with zero attached hydrogens (tertiary/aromatic N) is 2. The molecular formula is C21H19ClFN5O2. The van der Waals surface area contributed by atoms with E-state index in [0.717, 1.165) is 0 Å². The molecule has 0 atom stereocenters. The Labute approximate surface area is 177 Å². The van der Waals surface area contributed by atoms with Crippen LogP contribution in [0.1, 0.15) is 32.0 Å². The molecule has 0 radical (unpaired) electrons. The summed E-state index contributed by atoms with van der Waals surface area (Å²) in [5.41, 5.74) is 7.65. The van der Waals surface area contributed by atoms with Gasteiger partial charge in [-0.25, -0.2) is 14.4 Å². The van der Waals surface area contributed by atoms with Crippen molar-refractivity contribution in [1.29, 1.82) is 0 Å². The third-order valence-electron chi connectivity index (χ3n) is 4.47. The van der Waals surface area contributed by atoms with E-state index in [1.165, 1.54) is 13.2 Å². The van der Waals surface area contributed by atoms with E-state index in [4.69, 9.17) is 17.3 Å². The van der Waals surface area contributed by atoms with Gasteiger partial charge in [0.1, 0.15) is 5.82 Å². The molecule has 2 amide bonds. The molecule has 1 heterocycles. The third kappa shape index (κ3) is 4.38. The molecule has 0 bridgehead atoms. The molecule has 3 rings (SSSR count). The van der Waals surface area contributed by atoms with Crippen molar-refractivity contribution in [2.24, 2.45) is 0 Å². The molecular weight excluding hydrogens is 409 g/mol. The van der Waals surface area contributed by atoms with Crippen molar-refractivity contribution in [2.45, 2.75) is 13.5 Å². The summed E-state index contributed by atoms with van der Waals surface area (Å²) in [5, 5.41) is 5.36. The first kappa shape index (κ1) is 21.2. The smallest absolute Gasteiger partial charge is 0.273 e. The lowest BCUT2D eigenvalue weighted by Crippen LogP contribution is -2.24. The molecule has 4 N–H and O–H groups in total. The Bertz CT molecular complexity index is 1140. The molecule has 7 nitrogen and oxygen atoms in total. The topological polar surface area (TPSA) is 110 Å². The van der Waals surface area contributed by atoms with Crippen LogP contribution in [-0.4, -0.2) is 28.8 Å². The van der Waals surface area contributed by atoms with E-state index in [1.54, 1.807) is 43.3 Å². The number of amides is 2. The van der Waals surface area contributed by atoms with Crippen LogP contribution in [0.2, 0.25) is 5.02 Å². The molecule has 2 aromatic carbocycles. The van der Waals surface area contributed by atoms with Crippen molar-refractivity contribution in [3.8, 4) is 11.3 Å². The third-order valence-corrected chi connectivity index (χ3v) is 4.82. The maximum atomic E-state index is 14.3. The predicted molar refractivity (Wildman–Crippen MR) is 113 cm³/mol. The molecule has 0 aliphatic heterocycles. The van der Waals surface area contributed by atoms with E-state index in [-0.39, 0.29) is 28.6 Å². The number of hydrogen-bond donors (Lipinski definition) is 3. The number of nitrogens with one attached hydrogen (secondary N) is 2. The minimum atomic E-state index is -0.465. The molecule has 0 fully saturated rings. The predicted octanol–water partition coefficient (Wildman–Crippen LogP) is 3.12. The molecule has 0 aliphatic carbocycles. The zero-order chi connectivity index (χ0) is 21.8. The van der Waals surface area contributed by atoms with Gasteiger partial charge in [0.2, 0.25) is 0 Å². The standard InChI is InChI=1S/C21H19ClFN5O2/c1-11-6-7-15(22)14(17(11)23)9-27-20(29)13-5-3-4-12(8-13)16-10-26-19(24)18(28-16)21(30)25-2/h3-8,10H,9H2,1-2H3,(H2,24,26)(H,25,30)(H,27,29). The van der Waals surface area contributed by atoms with E-state index in [0.29, 0.717) is 22.4 Å². The second kappa shape index (κ2) is 8.87. The lowest BCUT2D eigenvalue weighted by molar-refractivity contribution is 0.0945. The van der Waals surface area contributed by atoms with Crippen molar-refractivity contribution < 1.29 is 14.0 Å². The summed E-state index contributed by atoms with van der Waals surface area (Å²) in [6.45, 7) is 1.57. The van der Waals surface area contributed by atoms with Crippen LogP contribution in [0.5, 0.6) is 0 Å². The lowest BCUT2D eigenvalue weighted by atomic mass is 10.1. The first-order chi connectivity index (χ1) is 14.3. The summed E-state index contributed by atoms with van der Waals surface area (Å²) in [7, 11) is 1.46. The summed E-state index contributed by atoms with van der Waals surface area (Å²) in [6.07, 6.45) is 1.42. The van der Waals surface area contributed by atoms with Crippen molar-refractivity contribution in [1.82, 2.24) is 20.6 Å². The lowest BCUT2D eigenvalue weighted by Gasteiger charge is -2.11. The summed E-state index contributed by atoms with van der Waals surface area (Å²) in [5.74, 6) is -1.32. The second-order valence-corrected chi connectivity index (χ2v) is 6.90. The highest BCUT2D eigenvalue weighted by atomic mass is 35.5. The van der Waals surface area contributed by atoms with Crippen LogP contribution in [0.4, 0.5) is 10.2 Å². The fourth-order valence-electron chi connectivity index (χ4n) is 2.79. The number of carbonyl (C=O) groups is 2. The summed E-state index contributed by atoms with van der Waals surface area (Å²) < 4.78 is 14.3. The van der Waals surface area contributed by atoms with E-state index in [2.05, 4.69) is 20.6 Å². The quantitative estimate of drug-likeness (QED) is 0.579. The van der Waals surface area contributed by atoms with Crippen LogP contribution in [0.15, 0.2) is 42.6 Å². The van der Waals surface area contributed by atoms with Gasteiger partial charge in [-0.1, -0.05) is 29.8 Å². The summed E-state index contributed by atoms with van der Waals surface area (Å²) >= 11 is 6.05. The van der Waals surface area contributed by atoms with Crippen LogP contribution in [0.25, 0.3) is 11.3 Å². The molecule has 0 saturated carbocycles. The molecule has 0 spiro atoms. The molecule has 30 heavy (non-hydrogen) atoms. The largest absolute Gasteiger partial charge is 0.382 e. The minimum Gasteiger partial charge on any atom is -0.382 e. The van der Waals surface area contributed by atoms with Gasteiger partial charge in [-0.2, -0.15) is 0 Å². The van der Waals surface area contributed by atoms with Crippen LogP contribution in [0, 0.1) is 12.7 Å². The molecule has 154 valence electrons. The number of hydrogen-bond acceptors (Lipinski definition) is 5. The number of benzene rings is 2. The van der Waals surface area contributed by atoms with Crippen molar-refractivity contribution in [3.63, 3.8) is 0 Å². The van der Waals surface area contributed by atoms with Gasteiger partial charge < -0.3 is 16.4 Å². The van der Waals surface area contributed by atoms with Gasteiger partial charge in [0.05, 0.1) is 11.9 Å². The van der Waals surface area contributed by atoms with Crippen molar-refractivity contribution in [3.05, 3.63) is 75.8 Å². The van der Waals surface area contributed by atoms with Crippen LogP contribution in [-0.2, 0) is 6.54 Å². The van der Waals surface area contributed by atoms with E-state index in [9.17, 15) is 14.0 Å². The highest BCUT2D eigenvalue weighted by Gasteiger charge is 2.15. The zero-order valence-corrected chi connectivity index (χ0v) is 17.0. The van der Waals surface area contributed by atoms with Gasteiger partial charge in [-0.3, -0.25) is 9.59 Å². The number of aryl methyl sites for hydroxylation is 1. The van der Waals surface area contributed by atoms with Gasteiger partial charge in [-0.05, 0) is 30.7 Å². The Morgan fingerprint density at radius 2 is 1.97 bits per heavy atom. The Balaban J connectivity index is 1.83. The first-order valence-corrected chi connectivity index (χ1v) is 9.36. The second-order valence-electron chi connectivity index (χ2n) is 6.49. The van der Waals surface area contributed by atoms with Gasteiger partial charge >= 0.3 is 0 Å². The van der Waals surface area contributed by atoms with Crippen LogP contribution < -0.4 is 16.4 Å².